The summed E-state index contributed by atoms with van der Waals surface area (Å²) in [6, 6.07) is 23.1. The van der Waals surface area contributed by atoms with E-state index in [4.69, 9.17) is 9.94 Å². The molecular formula is C22H18N2O4. The van der Waals surface area contributed by atoms with E-state index in [2.05, 4.69) is 5.32 Å². The van der Waals surface area contributed by atoms with Gasteiger partial charge in [-0.2, -0.15) is 0 Å². The molecule has 2 amide bonds. The van der Waals surface area contributed by atoms with Crippen molar-refractivity contribution in [3.8, 4) is 11.5 Å². The molecule has 3 aromatic rings. The fraction of sp³-hybridized carbons (Fsp3) is 0. The lowest BCUT2D eigenvalue weighted by Gasteiger charge is -2.12. The van der Waals surface area contributed by atoms with Gasteiger partial charge >= 0.3 is 0 Å². The number of benzene rings is 3. The molecule has 3 aromatic carbocycles. The Bertz CT molecular complexity index is 1000. The highest BCUT2D eigenvalue weighted by Crippen LogP contribution is 2.26. The molecule has 0 bridgehead atoms. The molecule has 0 fully saturated rings. The van der Waals surface area contributed by atoms with Crippen LogP contribution < -0.4 is 15.5 Å². The zero-order chi connectivity index (χ0) is 19.8. The van der Waals surface area contributed by atoms with Crippen LogP contribution >= 0.6 is 0 Å². The number of anilines is 1. The lowest BCUT2D eigenvalue weighted by atomic mass is 10.1. The van der Waals surface area contributed by atoms with Crippen molar-refractivity contribution in [2.45, 2.75) is 0 Å². The molecule has 0 atom stereocenters. The van der Waals surface area contributed by atoms with Crippen LogP contribution in [0.1, 0.15) is 15.9 Å². The molecule has 0 saturated heterocycles. The molecule has 0 spiro atoms. The van der Waals surface area contributed by atoms with Gasteiger partial charge < -0.3 is 10.1 Å². The van der Waals surface area contributed by atoms with Gasteiger partial charge in [0.2, 0.25) is 0 Å². The van der Waals surface area contributed by atoms with E-state index in [1.54, 1.807) is 60.7 Å². The summed E-state index contributed by atoms with van der Waals surface area (Å²) in [5.74, 6) is 0.0432. The Morgan fingerprint density at radius 1 is 0.857 bits per heavy atom. The quantitative estimate of drug-likeness (QED) is 0.342. The van der Waals surface area contributed by atoms with Crippen molar-refractivity contribution in [3.63, 3.8) is 0 Å². The summed E-state index contributed by atoms with van der Waals surface area (Å²) >= 11 is 0. The van der Waals surface area contributed by atoms with Crippen molar-refractivity contribution < 1.29 is 19.5 Å². The van der Waals surface area contributed by atoms with E-state index >= 15 is 0 Å². The monoisotopic (exact) mass is 374 g/mol. The molecule has 0 aliphatic heterocycles. The van der Waals surface area contributed by atoms with Crippen LogP contribution in [0.25, 0.3) is 6.08 Å². The van der Waals surface area contributed by atoms with E-state index in [0.717, 1.165) is 6.08 Å². The number of rotatable bonds is 6. The predicted molar refractivity (Wildman–Crippen MR) is 106 cm³/mol. The molecule has 28 heavy (non-hydrogen) atoms. The molecular weight excluding hydrogens is 356 g/mol. The Kier molecular flexibility index (Phi) is 6.17. The molecule has 0 unspecified atom stereocenters. The van der Waals surface area contributed by atoms with Crippen molar-refractivity contribution in [2.75, 3.05) is 5.32 Å². The van der Waals surface area contributed by atoms with Crippen molar-refractivity contribution in [1.82, 2.24) is 5.48 Å². The van der Waals surface area contributed by atoms with Crippen molar-refractivity contribution in [3.05, 3.63) is 96.1 Å². The zero-order valence-corrected chi connectivity index (χ0v) is 14.8. The van der Waals surface area contributed by atoms with E-state index in [9.17, 15) is 9.59 Å². The van der Waals surface area contributed by atoms with Gasteiger partial charge in [-0.25, -0.2) is 5.48 Å². The Morgan fingerprint density at radius 3 is 2.32 bits per heavy atom. The highest BCUT2D eigenvalue weighted by Gasteiger charge is 2.14. The minimum Gasteiger partial charge on any atom is -0.457 e. The molecule has 0 radical (unpaired) electrons. The molecule has 3 rings (SSSR count). The third kappa shape index (κ3) is 4.84. The summed E-state index contributed by atoms with van der Waals surface area (Å²) in [5.41, 5.74) is 3.03. The van der Waals surface area contributed by atoms with E-state index in [1.807, 2.05) is 18.2 Å². The summed E-state index contributed by atoms with van der Waals surface area (Å²) in [6.45, 7) is 0. The highest BCUT2D eigenvalue weighted by molar-refractivity contribution is 6.07. The van der Waals surface area contributed by atoms with E-state index in [-0.39, 0.29) is 5.91 Å². The van der Waals surface area contributed by atoms with Crippen LogP contribution in [-0.2, 0) is 4.79 Å². The normalized spacial score (nSPS) is 10.5. The average molecular weight is 374 g/mol. The first-order chi connectivity index (χ1) is 13.7. The van der Waals surface area contributed by atoms with Crippen molar-refractivity contribution in [1.29, 1.82) is 0 Å². The van der Waals surface area contributed by atoms with Crippen LogP contribution in [0.3, 0.4) is 0 Å². The van der Waals surface area contributed by atoms with Gasteiger partial charge in [0.15, 0.2) is 0 Å². The highest BCUT2D eigenvalue weighted by atomic mass is 16.5. The largest absolute Gasteiger partial charge is 0.457 e. The van der Waals surface area contributed by atoms with Gasteiger partial charge in [-0.3, -0.25) is 14.8 Å². The van der Waals surface area contributed by atoms with E-state index in [1.165, 1.54) is 11.6 Å². The molecule has 0 aliphatic rings. The smallest absolute Gasteiger partial charge is 0.267 e. The maximum absolute atomic E-state index is 12.8. The molecule has 0 heterocycles. The lowest BCUT2D eigenvalue weighted by Crippen LogP contribution is -2.15. The van der Waals surface area contributed by atoms with Crippen LogP contribution in [0, 0.1) is 0 Å². The number of hydrogen-bond acceptors (Lipinski definition) is 4. The minimum absolute atomic E-state index is 0.348. The number of para-hydroxylation sites is 3. The van der Waals surface area contributed by atoms with Gasteiger partial charge in [-0.05, 0) is 42.0 Å². The van der Waals surface area contributed by atoms with Gasteiger partial charge in [0.05, 0.1) is 5.56 Å². The van der Waals surface area contributed by atoms with Crippen LogP contribution in [-0.4, -0.2) is 17.0 Å². The van der Waals surface area contributed by atoms with Gasteiger partial charge in [0.25, 0.3) is 11.8 Å². The topological polar surface area (TPSA) is 87.7 Å². The predicted octanol–water partition coefficient (Wildman–Crippen LogP) is 4.25. The summed E-state index contributed by atoms with van der Waals surface area (Å²) in [7, 11) is 0. The number of carbonyl (C=O) groups excluding carboxylic acids is 2. The SMILES string of the molecule is O=C(C=Cc1ccccc1NC(=O)c1ccccc1Oc1ccccc1)NO. The second-order valence-electron chi connectivity index (χ2n) is 5.76. The first-order valence-electron chi connectivity index (χ1n) is 8.52. The molecule has 6 heteroatoms. The third-order valence-electron chi connectivity index (χ3n) is 3.84. The van der Waals surface area contributed by atoms with Crippen molar-refractivity contribution >= 4 is 23.6 Å². The molecule has 0 aliphatic carbocycles. The minimum atomic E-state index is -0.664. The molecule has 140 valence electrons. The maximum atomic E-state index is 12.8. The van der Waals surface area contributed by atoms with Crippen molar-refractivity contribution in [2.24, 2.45) is 0 Å². The summed E-state index contributed by atoms with van der Waals surface area (Å²) in [4.78, 5) is 24.0. The van der Waals surface area contributed by atoms with Crippen LogP contribution in [0.15, 0.2) is 84.9 Å². The number of hydrogen-bond donors (Lipinski definition) is 3. The van der Waals surface area contributed by atoms with Crippen LogP contribution in [0.4, 0.5) is 5.69 Å². The lowest BCUT2D eigenvalue weighted by molar-refractivity contribution is -0.124. The molecule has 0 aromatic heterocycles. The standard InChI is InChI=1S/C22H18N2O4/c25-21(24-27)15-14-16-8-4-6-12-19(16)23-22(26)18-11-5-7-13-20(18)28-17-9-2-1-3-10-17/h1-15,27H,(H,23,26)(H,24,25). The third-order valence-corrected chi connectivity index (χ3v) is 3.84. The van der Waals surface area contributed by atoms with Gasteiger partial charge in [0, 0.05) is 11.8 Å². The maximum Gasteiger partial charge on any atom is 0.267 e. The number of hydroxylamine groups is 1. The van der Waals surface area contributed by atoms with Gasteiger partial charge in [-0.1, -0.05) is 48.5 Å². The summed E-state index contributed by atoms with van der Waals surface area (Å²) in [6.07, 6.45) is 2.66. The molecule has 3 N–H and O–H groups in total. The zero-order valence-electron chi connectivity index (χ0n) is 14.8. The van der Waals surface area contributed by atoms with E-state index in [0.29, 0.717) is 28.3 Å². The molecule has 0 saturated carbocycles. The second kappa shape index (κ2) is 9.16. The van der Waals surface area contributed by atoms with Crippen LogP contribution in [0.5, 0.6) is 11.5 Å². The Hall–Kier alpha value is -3.90. The van der Waals surface area contributed by atoms with Crippen LogP contribution in [0.2, 0.25) is 0 Å². The number of ether oxygens (including phenoxy) is 1. The summed E-state index contributed by atoms with van der Waals surface area (Å²) in [5, 5.41) is 11.4. The summed E-state index contributed by atoms with van der Waals surface area (Å²) < 4.78 is 5.84. The Labute approximate surface area is 162 Å². The number of carbonyl (C=O) groups is 2. The number of amides is 2. The second-order valence-corrected chi connectivity index (χ2v) is 5.76. The molecule has 6 nitrogen and oxygen atoms in total. The van der Waals surface area contributed by atoms with Gasteiger partial charge in [-0.15, -0.1) is 0 Å². The average Bonchev–Trinajstić information content (AvgIpc) is 2.74. The fourth-order valence-corrected chi connectivity index (χ4v) is 2.51. The Morgan fingerprint density at radius 2 is 1.54 bits per heavy atom. The number of nitrogens with one attached hydrogen (secondary N) is 2. The fourth-order valence-electron chi connectivity index (χ4n) is 2.51. The van der Waals surface area contributed by atoms with E-state index < -0.39 is 5.91 Å². The first kappa shape index (κ1) is 18.9. The van der Waals surface area contributed by atoms with Gasteiger partial charge in [0.1, 0.15) is 11.5 Å². The first-order valence-corrected chi connectivity index (χ1v) is 8.52. The Balaban J connectivity index is 1.83.